The average Bonchev–Trinajstić information content (AvgIpc) is 3.28. The Balaban J connectivity index is 1.53. The van der Waals surface area contributed by atoms with Gasteiger partial charge in [-0.1, -0.05) is 65.9 Å². The number of carbonyl (C=O) groups is 2. The van der Waals surface area contributed by atoms with Gasteiger partial charge in [-0.2, -0.15) is 0 Å². The first-order valence-electron chi connectivity index (χ1n) is 10.4. The Labute approximate surface area is 204 Å². The zero-order valence-electron chi connectivity index (χ0n) is 18.4. The van der Waals surface area contributed by atoms with E-state index in [9.17, 15) is 14.4 Å². The maximum absolute atomic E-state index is 13.4. The molecule has 0 atom stereocenters. The van der Waals surface area contributed by atoms with E-state index >= 15 is 0 Å². The molecule has 2 aromatic heterocycles. The van der Waals surface area contributed by atoms with Crippen molar-refractivity contribution in [2.75, 3.05) is 5.75 Å². The van der Waals surface area contributed by atoms with E-state index in [4.69, 9.17) is 0 Å². The number of thioether (sulfide) groups is 1. The largest absolute Gasteiger partial charge is 0.283 e. The maximum Gasteiger partial charge on any atom is 0.269 e. The number of aryl methyl sites for hydroxylation is 1. The van der Waals surface area contributed by atoms with E-state index in [0.29, 0.717) is 20.9 Å². The second kappa shape index (κ2) is 10.5. The number of fused-ring (bicyclic) bond motifs is 1. The first kappa shape index (κ1) is 23.5. The first-order chi connectivity index (χ1) is 16.5. The van der Waals surface area contributed by atoms with Crippen molar-refractivity contribution in [2.24, 2.45) is 0 Å². The minimum Gasteiger partial charge on any atom is -0.283 e. The third kappa shape index (κ3) is 5.11. The molecule has 34 heavy (non-hydrogen) atoms. The monoisotopic (exact) mass is 490 g/mol. The number of thiophene rings is 1. The summed E-state index contributed by atoms with van der Waals surface area (Å²) >= 11 is 2.52. The lowest BCUT2D eigenvalue weighted by atomic mass is 10.1. The molecule has 9 heteroatoms. The molecule has 0 aliphatic rings. The van der Waals surface area contributed by atoms with Crippen molar-refractivity contribution in [3.05, 3.63) is 94.1 Å². The molecule has 0 saturated carbocycles. The second-order valence-corrected chi connectivity index (χ2v) is 9.25. The Morgan fingerprint density at radius 3 is 2.56 bits per heavy atom. The van der Waals surface area contributed by atoms with Gasteiger partial charge in [0.25, 0.3) is 11.5 Å². The number of amides is 2. The summed E-state index contributed by atoms with van der Waals surface area (Å²) < 4.78 is 1.51. The molecule has 2 amide bonds. The van der Waals surface area contributed by atoms with Gasteiger partial charge in [-0.3, -0.25) is 29.8 Å². The maximum atomic E-state index is 13.4. The van der Waals surface area contributed by atoms with E-state index in [-0.39, 0.29) is 17.9 Å². The second-order valence-electron chi connectivity index (χ2n) is 7.45. The van der Waals surface area contributed by atoms with Gasteiger partial charge >= 0.3 is 0 Å². The van der Waals surface area contributed by atoms with Crippen LogP contribution >= 0.6 is 23.1 Å². The van der Waals surface area contributed by atoms with Crippen molar-refractivity contribution in [1.29, 1.82) is 0 Å². The van der Waals surface area contributed by atoms with Gasteiger partial charge in [0.1, 0.15) is 4.83 Å². The molecule has 2 N–H and O–H groups in total. The number of carbonyl (C=O) groups excluding carboxylic acids is 2. The van der Waals surface area contributed by atoms with Crippen molar-refractivity contribution in [2.45, 2.75) is 18.6 Å². The van der Waals surface area contributed by atoms with Crippen LogP contribution in [-0.4, -0.2) is 27.1 Å². The molecule has 0 unspecified atom stereocenters. The topological polar surface area (TPSA) is 93.1 Å². The van der Waals surface area contributed by atoms with E-state index in [0.717, 1.165) is 28.5 Å². The van der Waals surface area contributed by atoms with Crippen LogP contribution in [0.15, 0.2) is 82.6 Å². The summed E-state index contributed by atoms with van der Waals surface area (Å²) in [6.45, 7) is 6.03. The third-order valence-electron chi connectivity index (χ3n) is 5.02. The van der Waals surface area contributed by atoms with E-state index in [2.05, 4.69) is 22.4 Å². The Morgan fingerprint density at radius 2 is 1.85 bits per heavy atom. The van der Waals surface area contributed by atoms with Gasteiger partial charge in [-0.05, 0) is 24.6 Å². The molecule has 172 valence electrons. The van der Waals surface area contributed by atoms with Gasteiger partial charge in [0.2, 0.25) is 5.91 Å². The predicted molar refractivity (Wildman–Crippen MR) is 137 cm³/mol. The molecule has 2 aromatic carbocycles. The van der Waals surface area contributed by atoms with Crippen molar-refractivity contribution in [1.82, 2.24) is 20.4 Å². The summed E-state index contributed by atoms with van der Waals surface area (Å²) in [4.78, 5) is 43.1. The summed E-state index contributed by atoms with van der Waals surface area (Å²) in [5, 5.41) is 2.90. The van der Waals surface area contributed by atoms with Gasteiger partial charge < -0.3 is 0 Å². The SMILES string of the molecule is C=CCn1c(SCC(=O)NNC(=O)c2ccccc2)nc2scc(-c3ccc(C)cc3)c2c1=O. The van der Waals surface area contributed by atoms with Crippen LogP contribution in [0.1, 0.15) is 15.9 Å². The Hall–Kier alpha value is -3.69. The zero-order chi connectivity index (χ0) is 24.1. The van der Waals surface area contributed by atoms with Gasteiger partial charge in [0, 0.05) is 23.1 Å². The van der Waals surface area contributed by atoms with Gasteiger partial charge in [-0.15, -0.1) is 17.9 Å². The number of nitrogens with zero attached hydrogens (tertiary/aromatic N) is 2. The number of hydrogen-bond acceptors (Lipinski definition) is 6. The lowest BCUT2D eigenvalue weighted by Gasteiger charge is -2.11. The summed E-state index contributed by atoms with van der Waals surface area (Å²) in [6.07, 6.45) is 1.62. The van der Waals surface area contributed by atoms with Crippen LogP contribution in [0.3, 0.4) is 0 Å². The number of hydrazine groups is 1. The molecule has 4 aromatic rings. The lowest BCUT2D eigenvalue weighted by molar-refractivity contribution is -0.119. The summed E-state index contributed by atoms with van der Waals surface area (Å²) in [5.41, 5.74) is 7.97. The molecule has 0 bridgehead atoms. The number of benzene rings is 2. The van der Waals surface area contributed by atoms with Crippen LogP contribution in [0.2, 0.25) is 0 Å². The average molecular weight is 491 g/mol. The van der Waals surface area contributed by atoms with Gasteiger partial charge in [0.05, 0.1) is 11.1 Å². The van der Waals surface area contributed by atoms with Crippen LogP contribution in [-0.2, 0) is 11.3 Å². The normalized spacial score (nSPS) is 10.7. The van der Waals surface area contributed by atoms with E-state index in [1.165, 1.54) is 15.9 Å². The van der Waals surface area contributed by atoms with Crippen molar-refractivity contribution in [3.8, 4) is 11.1 Å². The molecular weight excluding hydrogens is 468 g/mol. The molecule has 4 rings (SSSR count). The van der Waals surface area contributed by atoms with E-state index in [1.807, 2.05) is 36.6 Å². The fourth-order valence-corrected chi connectivity index (χ4v) is 5.10. The van der Waals surface area contributed by atoms with Crippen molar-refractivity contribution >= 4 is 45.1 Å². The van der Waals surface area contributed by atoms with Crippen LogP contribution in [0.25, 0.3) is 21.3 Å². The van der Waals surface area contributed by atoms with Gasteiger partial charge in [0.15, 0.2) is 5.16 Å². The molecule has 7 nitrogen and oxygen atoms in total. The minimum atomic E-state index is -0.416. The van der Waals surface area contributed by atoms with Crippen molar-refractivity contribution in [3.63, 3.8) is 0 Å². The van der Waals surface area contributed by atoms with Crippen LogP contribution in [0.5, 0.6) is 0 Å². The number of rotatable bonds is 7. The highest BCUT2D eigenvalue weighted by molar-refractivity contribution is 7.99. The lowest BCUT2D eigenvalue weighted by Crippen LogP contribution is -2.42. The molecular formula is C25H22N4O3S2. The molecule has 0 saturated heterocycles. The van der Waals surface area contributed by atoms with Crippen LogP contribution < -0.4 is 16.4 Å². The molecule has 0 spiro atoms. The number of nitrogens with one attached hydrogen (secondary N) is 2. The van der Waals surface area contributed by atoms with Crippen LogP contribution in [0, 0.1) is 6.92 Å². The highest BCUT2D eigenvalue weighted by atomic mass is 32.2. The minimum absolute atomic E-state index is 0.0274. The summed E-state index contributed by atoms with van der Waals surface area (Å²) in [6, 6.07) is 16.6. The molecule has 0 aliphatic carbocycles. The Bertz CT molecular complexity index is 1410. The van der Waals surface area contributed by atoms with Crippen molar-refractivity contribution < 1.29 is 9.59 Å². The summed E-state index contributed by atoms with van der Waals surface area (Å²) in [5.74, 6) is -0.857. The standard InChI is InChI=1S/C25H22N4O3S2/c1-3-13-29-24(32)21-19(17-11-9-16(2)10-12-17)14-33-23(21)26-25(29)34-15-20(30)27-28-22(31)18-7-5-4-6-8-18/h3-12,14H,1,13,15H2,2H3,(H,27,30)(H,28,31). The zero-order valence-corrected chi connectivity index (χ0v) is 20.0. The Kier molecular flexibility index (Phi) is 7.24. The summed E-state index contributed by atoms with van der Waals surface area (Å²) in [7, 11) is 0. The molecule has 0 fully saturated rings. The fourth-order valence-electron chi connectivity index (χ4n) is 3.31. The molecule has 2 heterocycles. The highest BCUT2D eigenvalue weighted by Gasteiger charge is 2.18. The molecule has 0 radical (unpaired) electrons. The first-order valence-corrected chi connectivity index (χ1v) is 12.3. The number of aromatic nitrogens is 2. The van der Waals surface area contributed by atoms with E-state index in [1.54, 1.807) is 36.4 Å². The third-order valence-corrected chi connectivity index (χ3v) is 6.87. The van der Waals surface area contributed by atoms with E-state index < -0.39 is 11.8 Å². The number of hydrogen-bond donors (Lipinski definition) is 2. The fraction of sp³-hybridized carbons (Fsp3) is 0.120. The quantitative estimate of drug-likeness (QED) is 0.176. The highest BCUT2D eigenvalue weighted by Crippen LogP contribution is 2.32. The number of allylic oxidation sites excluding steroid dienone is 1. The Morgan fingerprint density at radius 1 is 1.12 bits per heavy atom. The smallest absolute Gasteiger partial charge is 0.269 e. The predicted octanol–water partition coefficient (Wildman–Crippen LogP) is 4.17. The van der Waals surface area contributed by atoms with Gasteiger partial charge in [-0.25, -0.2) is 4.98 Å². The molecule has 0 aliphatic heterocycles. The van der Waals surface area contributed by atoms with Crippen LogP contribution in [0.4, 0.5) is 0 Å².